The first-order chi connectivity index (χ1) is 36.8. The zero-order valence-corrected chi connectivity index (χ0v) is 47.4. The molecule has 0 aromatic heterocycles. The summed E-state index contributed by atoms with van der Waals surface area (Å²) in [6.45, 7) is 33.7. The quantitative estimate of drug-likeness (QED) is 0.0403. The van der Waals surface area contributed by atoms with E-state index in [1.54, 1.807) is 26.0 Å². The Morgan fingerprint density at radius 3 is 1.32 bits per heavy atom. The molecular weight excluding hydrogens is 1010 g/mol. The third-order valence-electron chi connectivity index (χ3n) is 10.1. The first kappa shape index (κ1) is 79.0. The van der Waals surface area contributed by atoms with Crippen LogP contribution in [-0.2, 0) is 54.8 Å². The first-order valence-corrected chi connectivity index (χ1v) is 25.5. The average Bonchev–Trinajstić information content (AvgIpc) is 4.21. The zero-order valence-electron chi connectivity index (χ0n) is 47.6. The number of alkyl halides is 1. The van der Waals surface area contributed by atoms with Crippen molar-refractivity contribution in [1.82, 2.24) is 0 Å². The molecule has 1 fully saturated rings. The van der Waals surface area contributed by atoms with E-state index in [2.05, 4.69) is 39.0 Å². The number of hydrogen-bond acceptors (Lipinski definition) is 14. The Labute approximate surface area is 496 Å². The summed E-state index contributed by atoms with van der Waals surface area (Å²) in [5, 5.41) is 40.9. The molecule has 418 valence electrons. The van der Waals surface area contributed by atoms with Gasteiger partial charge in [0.05, 0.1) is 71.5 Å². The van der Waals surface area contributed by atoms with Crippen molar-refractivity contribution in [2.75, 3.05) is 85.0 Å². The van der Waals surface area contributed by atoms with Crippen molar-refractivity contribution in [3.8, 4) is 24.3 Å². The molecule has 0 bridgehead atoms. The van der Waals surface area contributed by atoms with Crippen molar-refractivity contribution in [3.05, 3.63) is 166 Å². The SMILES string of the molecule is C1CCOC1.CC(C#N)(C#N)COCc1ccccc1.CC(CN)(CN)COCc1ccccc1.CC1(COCc2ccccc2)CN=NC1.CCOCC.ClCOCc1ccccc1.[AlH3].[C-]#[N+]C(C)C#N.[C-]#[N+]CC#N.[H-].[Li+]. The van der Waals surface area contributed by atoms with Crippen LogP contribution in [0.15, 0.2) is 132 Å². The summed E-state index contributed by atoms with van der Waals surface area (Å²) in [6.07, 6.45) is 2.56. The minimum absolute atomic E-state index is 0. The molecule has 0 radical (unpaired) electrons. The fourth-order valence-electron chi connectivity index (χ4n) is 5.31. The van der Waals surface area contributed by atoms with Crippen LogP contribution < -0.4 is 30.3 Å². The second kappa shape index (κ2) is 54.9. The van der Waals surface area contributed by atoms with Gasteiger partial charge < -0.3 is 46.2 Å². The summed E-state index contributed by atoms with van der Waals surface area (Å²) in [5.74, 6) is 0. The number of halogens is 1. The molecular formula is C59H85AlClLiN10O6. The number of nitrogens with two attached hydrogens (primary N) is 2. The normalized spacial score (nSPS) is 12.2. The van der Waals surface area contributed by atoms with E-state index in [4.69, 9.17) is 85.7 Å². The number of hydrogen-bond donors (Lipinski definition) is 2. The van der Waals surface area contributed by atoms with Gasteiger partial charge in [-0.25, -0.2) is 13.1 Å². The molecule has 16 nitrogen and oxygen atoms in total. The zero-order chi connectivity index (χ0) is 56.9. The Morgan fingerprint density at radius 2 is 1.06 bits per heavy atom. The minimum Gasteiger partial charge on any atom is -1.00 e. The van der Waals surface area contributed by atoms with E-state index >= 15 is 0 Å². The molecule has 4 aromatic carbocycles. The molecule has 1 unspecified atom stereocenters. The van der Waals surface area contributed by atoms with Gasteiger partial charge in [0.15, 0.2) is 28.8 Å². The van der Waals surface area contributed by atoms with Crippen LogP contribution in [0.5, 0.6) is 0 Å². The molecule has 19 heteroatoms. The van der Waals surface area contributed by atoms with Crippen molar-refractivity contribution in [1.29, 1.82) is 21.0 Å². The van der Waals surface area contributed by atoms with Crippen molar-refractivity contribution in [2.45, 2.75) is 86.9 Å². The van der Waals surface area contributed by atoms with Crippen LogP contribution in [0.4, 0.5) is 0 Å². The van der Waals surface area contributed by atoms with Crippen LogP contribution >= 0.6 is 11.6 Å². The molecule has 6 rings (SSSR count). The summed E-state index contributed by atoms with van der Waals surface area (Å²) in [6, 6.07) is 47.0. The molecule has 78 heavy (non-hydrogen) atoms. The standard InChI is InChI=1S/C12H16N2O.C12H20N2O.C12H12N2O.C8H9ClO.C4H4N2.C4H8O.C4H10O.C3H2N2.Al.Li.4H/c1-12(8-13-14-9-12)10-15-7-11-5-3-2-4-6-11;2*1-12(8-13,9-14)10-15-7-11-5-3-2-4-6-11;9-7-10-6-8-4-2-1-3-5-8;1-4(3-5)6-2;1-2-4-5-3-1;1-3-5-4-2;1-5-3-2-4;;;;;;/h2-6H,7-10H2,1H3;2-6H,7-10,13-14H2,1H3;2-6H,7,10H2,1H3;1-5H,6-7H2;4H,1H3;1-4H2;3-4H2,1-2H3;3H2;;;;;;/q;;;;;;;;;+1;;;;-1. The van der Waals surface area contributed by atoms with Gasteiger partial charge >= 0.3 is 24.9 Å². The Hall–Kier alpha value is -5.48. The average molecular weight is 1100 g/mol. The maximum Gasteiger partial charge on any atom is 1.00 e. The van der Waals surface area contributed by atoms with Gasteiger partial charge in [0.1, 0.15) is 12.1 Å². The van der Waals surface area contributed by atoms with Crippen LogP contribution in [0.3, 0.4) is 0 Å². The van der Waals surface area contributed by atoms with Crippen LogP contribution in [0.1, 0.15) is 78.1 Å². The Bertz CT molecular complexity index is 2190. The molecule has 0 spiro atoms. The van der Waals surface area contributed by atoms with E-state index in [0.717, 1.165) is 57.3 Å². The summed E-state index contributed by atoms with van der Waals surface area (Å²) in [7, 11) is 0. The predicted octanol–water partition coefficient (Wildman–Crippen LogP) is 7.48. The second-order valence-corrected chi connectivity index (χ2v) is 17.8. The summed E-state index contributed by atoms with van der Waals surface area (Å²) >= 11 is 5.33. The van der Waals surface area contributed by atoms with E-state index in [9.17, 15) is 0 Å². The van der Waals surface area contributed by atoms with Crippen molar-refractivity contribution >= 4 is 29.0 Å². The fourth-order valence-corrected chi connectivity index (χ4v) is 5.39. The molecule has 1 saturated heterocycles. The molecule has 0 saturated carbocycles. The maximum absolute atomic E-state index is 8.73. The second-order valence-electron chi connectivity index (χ2n) is 17.6. The first-order valence-electron chi connectivity index (χ1n) is 25.0. The minimum atomic E-state index is -1.05. The smallest absolute Gasteiger partial charge is 1.00 e. The third-order valence-corrected chi connectivity index (χ3v) is 10.2. The summed E-state index contributed by atoms with van der Waals surface area (Å²) < 4.78 is 31.4. The monoisotopic (exact) mass is 1100 g/mol. The fraction of sp³-hybridized carbons (Fsp3) is 0.492. The van der Waals surface area contributed by atoms with E-state index in [-0.39, 0.29) is 67.7 Å². The number of benzene rings is 4. The number of ether oxygens (including phenoxy) is 6. The number of nitriles is 4. The maximum atomic E-state index is 8.73. The van der Waals surface area contributed by atoms with Crippen molar-refractivity contribution < 1.29 is 48.7 Å². The number of rotatable bonds is 19. The van der Waals surface area contributed by atoms with Crippen LogP contribution in [0, 0.1) is 74.7 Å². The molecule has 4 aromatic rings. The number of nitrogens with zero attached hydrogens (tertiary/aromatic N) is 8. The molecule has 2 aliphatic heterocycles. The van der Waals surface area contributed by atoms with E-state index in [1.807, 2.05) is 142 Å². The van der Waals surface area contributed by atoms with Crippen LogP contribution in [-0.4, -0.2) is 108 Å². The van der Waals surface area contributed by atoms with E-state index in [0.29, 0.717) is 46.1 Å². The van der Waals surface area contributed by atoms with Gasteiger partial charge in [0.2, 0.25) is 0 Å². The molecule has 1 atom stereocenters. The topological polar surface area (TPSA) is 236 Å². The Morgan fingerprint density at radius 1 is 0.679 bits per heavy atom. The van der Waals surface area contributed by atoms with Crippen LogP contribution in [0.25, 0.3) is 9.69 Å². The molecule has 4 N–H and O–H groups in total. The molecule has 2 heterocycles. The van der Waals surface area contributed by atoms with Gasteiger partial charge in [0, 0.05) is 57.3 Å². The molecule has 2 aliphatic rings. The van der Waals surface area contributed by atoms with Gasteiger partial charge in [-0.2, -0.15) is 31.3 Å². The molecule has 0 amide bonds. The van der Waals surface area contributed by atoms with Gasteiger partial charge in [0.25, 0.3) is 6.54 Å². The van der Waals surface area contributed by atoms with Crippen LogP contribution in [0.2, 0.25) is 0 Å². The molecule has 0 aliphatic carbocycles. The van der Waals surface area contributed by atoms with Gasteiger partial charge in [-0.15, -0.1) is 0 Å². The van der Waals surface area contributed by atoms with E-state index < -0.39 is 11.5 Å². The largest absolute Gasteiger partial charge is 1.00 e. The van der Waals surface area contributed by atoms with Crippen molar-refractivity contribution in [2.24, 2.45) is 37.9 Å². The third kappa shape index (κ3) is 46.6. The summed E-state index contributed by atoms with van der Waals surface area (Å²) in [4.78, 5) is 5.64. The van der Waals surface area contributed by atoms with Gasteiger partial charge in [-0.3, -0.25) is 4.85 Å². The van der Waals surface area contributed by atoms with Gasteiger partial charge in [-0.1, -0.05) is 147 Å². The van der Waals surface area contributed by atoms with E-state index in [1.165, 1.54) is 24.0 Å². The predicted molar refractivity (Wildman–Crippen MR) is 311 cm³/mol. The van der Waals surface area contributed by atoms with Gasteiger partial charge in [-0.05, 0) is 55.9 Å². The Balaban J connectivity index is -0.000000273. The summed E-state index contributed by atoms with van der Waals surface area (Å²) in [5.41, 5.74) is 14.8. The van der Waals surface area contributed by atoms with Crippen molar-refractivity contribution in [3.63, 3.8) is 0 Å². The Kier molecular flexibility index (Phi) is 55.6. The number of azo groups is 1.